The van der Waals surface area contributed by atoms with Crippen molar-refractivity contribution >= 4 is 12.0 Å². The number of likely N-dealkylation sites (tertiary alicyclic amines) is 1. The molecule has 2 aliphatic rings. The summed E-state index contributed by atoms with van der Waals surface area (Å²) in [5.41, 5.74) is 0.518. The second kappa shape index (κ2) is 8.52. The van der Waals surface area contributed by atoms with Gasteiger partial charge in [-0.05, 0) is 37.3 Å². The fourth-order valence-corrected chi connectivity index (χ4v) is 4.76. The number of likely N-dealkylation sites (N-methyl/N-ethyl adjacent to an activating group) is 1. The molecule has 1 aliphatic heterocycles. The van der Waals surface area contributed by atoms with Crippen molar-refractivity contribution in [2.75, 3.05) is 26.7 Å². The molecule has 6 heteroatoms. The van der Waals surface area contributed by atoms with Crippen LogP contribution in [0, 0.1) is 17.3 Å². The minimum atomic E-state index is -0.742. The van der Waals surface area contributed by atoms with Gasteiger partial charge in [0, 0.05) is 32.2 Å². The van der Waals surface area contributed by atoms with E-state index in [4.69, 9.17) is 0 Å². The zero-order chi connectivity index (χ0) is 20.3. The molecule has 154 valence electrons. The van der Waals surface area contributed by atoms with Gasteiger partial charge in [0.15, 0.2) is 0 Å². The maximum atomic E-state index is 12.9. The molecule has 0 spiro atoms. The van der Waals surface area contributed by atoms with Crippen molar-refractivity contribution in [2.45, 2.75) is 45.7 Å². The van der Waals surface area contributed by atoms with E-state index in [9.17, 15) is 14.7 Å². The average molecular weight is 388 g/mol. The maximum Gasteiger partial charge on any atom is 0.317 e. The van der Waals surface area contributed by atoms with E-state index in [-0.39, 0.29) is 23.9 Å². The summed E-state index contributed by atoms with van der Waals surface area (Å²) in [5, 5.41) is 12.9. The molecule has 3 atom stereocenters. The summed E-state index contributed by atoms with van der Waals surface area (Å²) >= 11 is 0. The lowest BCUT2D eigenvalue weighted by Crippen LogP contribution is -2.50. The van der Waals surface area contributed by atoms with E-state index in [2.05, 4.69) is 43.2 Å². The molecule has 0 aromatic heterocycles. The Bertz CT molecular complexity index is 694. The van der Waals surface area contributed by atoms with Crippen LogP contribution in [0.1, 0.15) is 38.7 Å². The number of nitrogens with zero attached hydrogens (tertiary/aromatic N) is 2. The van der Waals surface area contributed by atoms with E-state index >= 15 is 0 Å². The molecular weight excluding hydrogens is 354 g/mol. The molecule has 2 N–H and O–H groups in total. The van der Waals surface area contributed by atoms with Crippen LogP contribution in [0.3, 0.4) is 0 Å². The first-order chi connectivity index (χ1) is 13.3. The van der Waals surface area contributed by atoms with E-state index in [1.54, 1.807) is 4.90 Å². The van der Waals surface area contributed by atoms with Gasteiger partial charge >= 0.3 is 12.0 Å². The van der Waals surface area contributed by atoms with E-state index in [0.29, 0.717) is 19.5 Å². The van der Waals surface area contributed by atoms with E-state index in [1.165, 1.54) is 5.56 Å². The second-order valence-corrected chi connectivity index (χ2v) is 8.91. The number of carbonyl (C=O) groups excluding carboxylic acids is 1. The molecular formula is C22H33N3O3. The molecule has 1 aromatic rings. The molecule has 1 unspecified atom stereocenters. The Morgan fingerprint density at radius 3 is 2.64 bits per heavy atom. The van der Waals surface area contributed by atoms with Crippen LogP contribution in [0.4, 0.5) is 4.79 Å². The van der Waals surface area contributed by atoms with Crippen LogP contribution in [0.2, 0.25) is 0 Å². The number of amides is 2. The quantitative estimate of drug-likeness (QED) is 0.754. The summed E-state index contributed by atoms with van der Waals surface area (Å²) in [5.74, 6) is -0.361. The fourth-order valence-electron chi connectivity index (χ4n) is 4.76. The van der Waals surface area contributed by atoms with Gasteiger partial charge in [-0.3, -0.25) is 4.79 Å². The molecule has 1 heterocycles. The number of benzene rings is 1. The van der Waals surface area contributed by atoms with E-state index < -0.39 is 11.4 Å². The van der Waals surface area contributed by atoms with Crippen molar-refractivity contribution in [2.24, 2.45) is 17.3 Å². The molecule has 3 rings (SSSR count). The number of hydrogen-bond acceptors (Lipinski definition) is 3. The lowest BCUT2D eigenvalue weighted by atomic mass is 9.81. The number of aliphatic carboxylic acids is 1. The van der Waals surface area contributed by atoms with Crippen LogP contribution in [-0.2, 0) is 11.3 Å². The Balaban J connectivity index is 1.58. The van der Waals surface area contributed by atoms with Gasteiger partial charge in [-0.15, -0.1) is 0 Å². The van der Waals surface area contributed by atoms with Gasteiger partial charge in [0.05, 0.1) is 5.41 Å². The van der Waals surface area contributed by atoms with Crippen molar-refractivity contribution < 1.29 is 14.7 Å². The predicted molar refractivity (Wildman–Crippen MR) is 109 cm³/mol. The van der Waals surface area contributed by atoms with E-state index in [0.717, 1.165) is 25.9 Å². The van der Waals surface area contributed by atoms with Crippen molar-refractivity contribution in [1.29, 1.82) is 0 Å². The van der Waals surface area contributed by atoms with Crippen molar-refractivity contribution in [3.05, 3.63) is 35.9 Å². The number of fused-ring (bicyclic) bond motifs is 1. The monoisotopic (exact) mass is 387 g/mol. The summed E-state index contributed by atoms with van der Waals surface area (Å²) in [6, 6.07) is 10.2. The standard InChI is InChI=1S/C22H33N3O3/c1-16(2)19(14-24(3)12-17-8-5-4-6-9-17)23-21(28)25-13-18-10-7-11-22(18,15-25)20(26)27/h4-6,8-9,16,18-19H,7,10-15H2,1-3H3,(H,23,28)(H,26,27)/t18-,19?,22+/m0/s1. The molecule has 6 nitrogen and oxygen atoms in total. The van der Waals surface area contributed by atoms with Crippen LogP contribution in [0.15, 0.2) is 30.3 Å². The van der Waals surface area contributed by atoms with Crippen LogP contribution < -0.4 is 5.32 Å². The molecule has 28 heavy (non-hydrogen) atoms. The topological polar surface area (TPSA) is 72.9 Å². The molecule has 2 fully saturated rings. The summed E-state index contributed by atoms with van der Waals surface area (Å²) < 4.78 is 0. The lowest BCUT2D eigenvalue weighted by molar-refractivity contribution is -0.149. The number of hydrogen-bond donors (Lipinski definition) is 2. The van der Waals surface area contributed by atoms with Gasteiger partial charge in [0.2, 0.25) is 0 Å². The zero-order valence-electron chi connectivity index (χ0n) is 17.2. The van der Waals surface area contributed by atoms with Crippen LogP contribution in [-0.4, -0.2) is 59.6 Å². The lowest BCUT2D eigenvalue weighted by Gasteiger charge is -2.30. The molecule has 1 saturated carbocycles. The molecule has 1 aliphatic carbocycles. The van der Waals surface area contributed by atoms with Crippen molar-refractivity contribution in [3.63, 3.8) is 0 Å². The number of rotatable bonds is 7. The van der Waals surface area contributed by atoms with Gasteiger partial charge in [-0.1, -0.05) is 50.6 Å². The van der Waals surface area contributed by atoms with Gasteiger partial charge in [-0.25, -0.2) is 4.79 Å². The molecule has 0 bridgehead atoms. The van der Waals surface area contributed by atoms with Crippen LogP contribution in [0.25, 0.3) is 0 Å². The second-order valence-electron chi connectivity index (χ2n) is 8.91. The van der Waals surface area contributed by atoms with Gasteiger partial charge in [-0.2, -0.15) is 0 Å². The number of carboxylic acid groups (broad SMARTS) is 1. The summed E-state index contributed by atoms with van der Waals surface area (Å²) in [7, 11) is 2.06. The zero-order valence-corrected chi connectivity index (χ0v) is 17.2. The minimum absolute atomic E-state index is 0.0161. The predicted octanol–water partition coefficient (Wildman–Crippen LogP) is 3.04. The minimum Gasteiger partial charge on any atom is -0.481 e. The summed E-state index contributed by atoms with van der Waals surface area (Å²) in [6.07, 6.45) is 2.54. The number of carboxylic acids is 1. The molecule has 1 aromatic carbocycles. The molecule has 1 saturated heterocycles. The molecule has 2 amide bonds. The summed E-state index contributed by atoms with van der Waals surface area (Å²) in [4.78, 5) is 28.7. The third-order valence-corrected chi connectivity index (χ3v) is 6.50. The van der Waals surface area contributed by atoms with Gasteiger partial charge in [0.1, 0.15) is 0 Å². The largest absolute Gasteiger partial charge is 0.481 e. The first kappa shape index (κ1) is 20.6. The van der Waals surface area contributed by atoms with Crippen molar-refractivity contribution in [1.82, 2.24) is 15.1 Å². The van der Waals surface area contributed by atoms with Crippen LogP contribution >= 0.6 is 0 Å². The number of carbonyl (C=O) groups is 2. The van der Waals surface area contributed by atoms with Gasteiger partial charge < -0.3 is 20.2 Å². The SMILES string of the molecule is CC(C)C(CN(C)Cc1ccccc1)NC(=O)N1C[C@@H]2CCC[C@@]2(C(=O)O)C1. The normalized spacial score (nSPS) is 25.2. The van der Waals surface area contributed by atoms with Crippen LogP contribution in [0.5, 0.6) is 0 Å². The highest BCUT2D eigenvalue weighted by atomic mass is 16.4. The Labute approximate surface area is 167 Å². The Kier molecular flexibility index (Phi) is 6.28. The number of nitrogens with one attached hydrogen (secondary N) is 1. The first-order valence-corrected chi connectivity index (χ1v) is 10.3. The fraction of sp³-hybridized carbons (Fsp3) is 0.636. The Morgan fingerprint density at radius 1 is 1.32 bits per heavy atom. The number of urea groups is 1. The highest BCUT2D eigenvalue weighted by Gasteiger charge is 2.55. The highest BCUT2D eigenvalue weighted by Crippen LogP contribution is 2.48. The third kappa shape index (κ3) is 4.32. The first-order valence-electron chi connectivity index (χ1n) is 10.3. The smallest absolute Gasteiger partial charge is 0.317 e. The maximum absolute atomic E-state index is 12.9. The van der Waals surface area contributed by atoms with Crippen molar-refractivity contribution in [3.8, 4) is 0 Å². The third-order valence-electron chi connectivity index (χ3n) is 6.50. The average Bonchev–Trinajstić information content (AvgIpc) is 3.20. The Hall–Kier alpha value is -2.08. The van der Waals surface area contributed by atoms with E-state index in [1.807, 2.05) is 18.2 Å². The summed E-state index contributed by atoms with van der Waals surface area (Å²) in [6.45, 7) is 6.69. The molecule has 0 radical (unpaired) electrons. The highest BCUT2D eigenvalue weighted by molar-refractivity contribution is 5.80. The Morgan fingerprint density at radius 2 is 2.04 bits per heavy atom. The van der Waals surface area contributed by atoms with Gasteiger partial charge in [0.25, 0.3) is 0 Å².